The highest BCUT2D eigenvalue weighted by Gasteiger charge is 2.29. The van der Waals surface area contributed by atoms with Gasteiger partial charge in [-0.25, -0.2) is 29.3 Å². The number of benzene rings is 4. The second-order valence-electron chi connectivity index (χ2n) is 16.5. The van der Waals surface area contributed by atoms with Gasteiger partial charge >= 0.3 is 0 Å². The zero-order valence-electron chi connectivity index (χ0n) is 38.2. The van der Waals surface area contributed by atoms with Crippen LogP contribution < -0.4 is 20.9 Å². The number of hydrogen-bond donors (Lipinski definition) is 2. The molecule has 0 radical (unpaired) electrons. The lowest BCUT2D eigenvalue weighted by molar-refractivity contribution is -0.128. The molecule has 68 heavy (non-hydrogen) atoms. The van der Waals surface area contributed by atoms with E-state index in [4.69, 9.17) is 26.0 Å². The van der Waals surface area contributed by atoms with Gasteiger partial charge < -0.3 is 30.7 Å². The Morgan fingerprint density at radius 2 is 1.03 bits per heavy atom. The molecule has 2 fully saturated rings. The van der Waals surface area contributed by atoms with Crippen molar-refractivity contribution in [2.45, 2.75) is 51.6 Å². The van der Waals surface area contributed by atoms with Crippen LogP contribution in [0.2, 0.25) is 0 Å². The number of para-hydroxylation sites is 2. The molecule has 4 aromatic carbocycles. The highest BCUT2D eigenvalue weighted by molar-refractivity contribution is 5.98. The summed E-state index contributed by atoms with van der Waals surface area (Å²) < 4.78 is 15.3. The Labute approximate surface area is 394 Å². The Kier molecular flexibility index (Phi) is 14.4. The molecule has 0 bridgehead atoms. The van der Waals surface area contributed by atoms with Crippen LogP contribution in [0.4, 0.5) is 11.6 Å². The molecule has 2 aliphatic rings. The topological polar surface area (TPSA) is 198 Å². The van der Waals surface area contributed by atoms with Crippen LogP contribution in [0.5, 0.6) is 23.0 Å². The predicted molar refractivity (Wildman–Crippen MR) is 264 cm³/mol. The molecule has 4 aromatic heterocycles. The van der Waals surface area contributed by atoms with Crippen LogP contribution in [0.3, 0.4) is 0 Å². The molecule has 16 nitrogen and oxygen atoms in total. The number of aromatic nitrogens is 8. The van der Waals surface area contributed by atoms with E-state index >= 15 is 0 Å². The molecule has 346 valence electrons. The minimum atomic E-state index is -0.0699. The number of carbonyl (C=O) groups excluding carboxylic acids is 2. The molecule has 0 spiro atoms. The van der Waals surface area contributed by atoms with Gasteiger partial charge in [-0.15, -0.1) is 0 Å². The third kappa shape index (κ3) is 10.7. The van der Waals surface area contributed by atoms with Crippen LogP contribution in [0, 0.1) is 13.8 Å². The summed E-state index contributed by atoms with van der Waals surface area (Å²) in [6, 6.07) is 35.2. The lowest BCUT2D eigenvalue weighted by atomic mass is 10.1. The number of nitrogens with two attached hydrogens (primary N) is 2. The Morgan fingerprint density at radius 3 is 1.53 bits per heavy atom. The van der Waals surface area contributed by atoms with Gasteiger partial charge in [0, 0.05) is 31.7 Å². The maximum Gasteiger partial charge on any atom is 0.246 e. The van der Waals surface area contributed by atoms with Crippen molar-refractivity contribution >= 4 is 45.5 Å². The van der Waals surface area contributed by atoms with Gasteiger partial charge in [0.15, 0.2) is 11.3 Å². The number of fused-ring (bicyclic) bond motifs is 2. The molecule has 4 N–H and O–H groups in total. The number of hydrogen-bond acceptors (Lipinski definition) is 12. The molecular weight excluding hydrogens is 857 g/mol. The van der Waals surface area contributed by atoms with Gasteiger partial charge in [0.1, 0.15) is 53.0 Å². The minimum Gasteiger partial charge on any atom is -0.457 e. The normalized spacial score (nSPS) is 15.6. The second kappa shape index (κ2) is 21.3. The van der Waals surface area contributed by atoms with Crippen LogP contribution in [-0.2, 0) is 9.59 Å². The van der Waals surface area contributed by atoms with E-state index in [0.29, 0.717) is 48.0 Å². The molecule has 0 saturated carbocycles. The summed E-state index contributed by atoms with van der Waals surface area (Å²) in [7, 11) is 0. The van der Waals surface area contributed by atoms with E-state index in [2.05, 4.69) is 45.1 Å². The van der Waals surface area contributed by atoms with Crippen molar-refractivity contribution in [3.05, 3.63) is 158 Å². The average molecular weight is 911 g/mol. The SMILES string of the molecule is C=CC(=O)N1CCC[C@@H](n2nc(-c3ccc(Oc4ccccc4)cc3)c3c(N)ncnc32)C1.C=CC(=O)N1CCC[C@@H](n2nc(C)c3c(N)ncnc32)C1.Cc1ccc(Oc2ccccc2)cc1. The number of nitrogen functional groups attached to an aromatic ring is 2. The molecule has 8 aromatic rings. The number of nitrogens with zero attached hydrogens (tertiary/aromatic N) is 10. The van der Waals surface area contributed by atoms with E-state index in [1.54, 1.807) is 9.80 Å². The van der Waals surface area contributed by atoms with Crippen molar-refractivity contribution in [1.29, 1.82) is 0 Å². The first-order valence-corrected chi connectivity index (χ1v) is 22.5. The average Bonchev–Trinajstić information content (AvgIpc) is 3.95. The standard InChI is InChI=1S/C25H24N6O2.C14H18N6O.C13H12O/c1-2-21(32)30-14-6-7-18(15-30)31-25-22(24(26)27-16-28-25)23(29-31)17-10-12-20(13-11-17)33-19-8-4-3-5-9-19;1-3-11(21)19-6-4-5-10(7-19)20-14-12(9(2)18-20)13(15)16-8-17-14;1-11-7-9-13(10-8-11)14-12-5-3-2-4-6-12/h2-5,8-13,16,18H,1,6-7,14-15H2,(H2,26,27,28);3,8,10H,1,4-7H2,2H3,(H2,15,16,17);2-10H,1H3/t18-;10-;/m11./s1. The van der Waals surface area contributed by atoms with Crippen molar-refractivity contribution in [2.75, 3.05) is 37.6 Å². The first-order valence-electron chi connectivity index (χ1n) is 22.5. The van der Waals surface area contributed by atoms with E-state index in [9.17, 15) is 9.59 Å². The van der Waals surface area contributed by atoms with E-state index in [1.807, 2.05) is 125 Å². The molecule has 6 heterocycles. The molecule has 2 saturated heterocycles. The van der Waals surface area contributed by atoms with Gasteiger partial charge in [-0.05, 0) is 112 Å². The number of ether oxygens (including phenoxy) is 2. The van der Waals surface area contributed by atoms with Crippen molar-refractivity contribution in [3.63, 3.8) is 0 Å². The molecule has 10 rings (SSSR count). The fourth-order valence-electron chi connectivity index (χ4n) is 8.38. The molecular formula is C52H54N12O4. The zero-order chi connectivity index (χ0) is 47.6. The van der Waals surface area contributed by atoms with Crippen LogP contribution in [-0.4, -0.2) is 87.3 Å². The summed E-state index contributed by atoms with van der Waals surface area (Å²) in [5.74, 6) is 3.95. The van der Waals surface area contributed by atoms with Gasteiger partial charge in [0.05, 0.1) is 28.6 Å². The van der Waals surface area contributed by atoms with Crippen LogP contribution in [0.25, 0.3) is 33.3 Å². The molecule has 0 unspecified atom stereocenters. The Bertz CT molecular complexity index is 3010. The lowest BCUT2D eigenvalue weighted by Crippen LogP contribution is -2.40. The third-order valence-corrected chi connectivity index (χ3v) is 11.8. The Morgan fingerprint density at radius 1 is 0.588 bits per heavy atom. The predicted octanol–water partition coefficient (Wildman–Crippen LogP) is 9.07. The number of likely N-dealkylation sites (tertiary alicyclic amines) is 2. The summed E-state index contributed by atoms with van der Waals surface area (Å²) >= 11 is 0. The second-order valence-corrected chi connectivity index (χ2v) is 16.5. The van der Waals surface area contributed by atoms with Gasteiger partial charge in [-0.1, -0.05) is 67.3 Å². The van der Waals surface area contributed by atoms with Crippen LogP contribution in [0.1, 0.15) is 49.0 Å². The van der Waals surface area contributed by atoms with Crippen molar-refractivity contribution in [3.8, 4) is 34.3 Å². The molecule has 0 aliphatic carbocycles. The summed E-state index contributed by atoms with van der Waals surface area (Å²) in [5.41, 5.74) is 17.2. The highest BCUT2D eigenvalue weighted by Crippen LogP contribution is 2.35. The molecule has 2 aliphatic heterocycles. The number of aryl methyl sites for hydroxylation is 2. The summed E-state index contributed by atoms with van der Waals surface area (Å²) in [6.45, 7) is 13.8. The van der Waals surface area contributed by atoms with Crippen LogP contribution in [0.15, 0.2) is 147 Å². The first-order chi connectivity index (χ1) is 33.1. The summed E-state index contributed by atoms with van der Waals surface area (Å²) in [4.78, 5) is 44.6. The maximum absolute atomic E-state index is 12.2. The molecule has 2 atom stereocenters. The maximum atomic E-state index is 12.2. The van der Waals surface area contributed by atoms with Crippen molar-refractivity contribution in [2.24, 2.45) is 0 Å². The van der Waals surface area contributed by atoms with Gasteiger partial charge in [-0.2, -0.15) is 10.2 Å². The van der Waals surface area contributed by atoms with E-state index in [0.717, 1.165) is 77.5 Å². The van der Waals surface area contributed by atoms with Crippen molar-refractivity contribution in [1.82, 2.24) is 49.3 Å². The monoisotopic (exact) mass is 910 g/mol. The third-order valence-electron chi connectivity index (χ3n) is 11.8. The Balaban J connectivity index is 0.000000152. The number of amides is 2. The fourth-order valence-corrected chi connectivity index (χ4v) is 8.38. The number of rotatable bonds is 9. The Hall–Kier alpha value is -8.40. The smallest absolute Gasteiger partial charge is 0.246 e. The van der Waals surface area contributed by atoms with Crippen molar-refractivity contribution < 1.29 is 19.1 Å². The lowest BCUT2D eigenvalue weighted by Gasteiger charge is -2.32. The highest BCUT2D eigenvalue weighted by atomic mass is 16.5. The minimum absolute atomic E-state index is 0.00566. The largest absolute Gasteiger partial charge is 0.457 e. The summed E-state index contributed by atoms with van der Waals surface area (Å²) in [6.07, 6.45) is 9.28. The first kappa shape index (κ1) is 46.1. The summed E-state index contributed by atoms with van der Waals surface area (Å²) in [5, 5.41) is 11.0. The van der Waals surface area contributed by atoms with Gasteiger partial charge in [0.25, 0.3) is 0 Å². The molecule has 2 amide bonds. The molecule has 16 heteroatoms. The quantitative estimate of drug-likeness (QED) is 0.131. The zero-order valence-corrected chi connectivity index (χ0v) is 38.2. The fraction of sp³-hybridized carbons (Fsp3) is 0.231. The van der Waals surface area contributed by atoms with E-state index in [1.165, 1.54) is 30.4 Å². The van der Waals surface area contributed by atoms with Gasteiger partial charge in [-0.3, -0.25) is 9.59 Å². The number of anilines is 2. The number of carbonyl (C=O) groups is 2. The number of piperidine rings is 2. The van der Waals surface area contributed by atoms with Crippen LogP contribution >= 0.6 is 0 Å². The van der Waals surface area contributed by atoms with Gasteiger partial charge in [0.2, 0.25) is 11.8 Å². The van der Waals surface area contributed by atoms with E-state index < -0.39 is 0 Å². The van der Waals surface area contributed by atoms with E-state index in [-0.39, 0.29) is 23.9 Å².